The number of amides is 1. The molecule has 2 aromatic rings. The van der Waals surface area contributed by atoms with E-state index in [1.165, 1.54) is 11.0 Å². The van der Waals surface area contributed by atoms with Gasteiger partial charge in [-0.1, -0.05) is 30.3 Å². The maximum absolute atomic E-state index is 13.9. The Balaban J connectivity index is 1.59. The van der Waals surface area contributed by atoms with Gasteiger partial charge in [-0.15, -0.1) is 0 Å². The molecule has 0 bridgehead atoms. The minimum Gasteiger partial charge on any atom is -0.507 e. The predicted octanol–water partition coefficient (Wildman–Crippen LogP) is 0.476. The van der Waals surface area contributed by atoms with Gasteiger partial charge in [0, 0.05) is 12.1 Å². The van der Waals surface area contributed by atoms with Gasteiger partial charge in [-0.25, -0.2) is 0 Å². The fraction of sp³-hybridized carbons (Fsp3) is 0.367. The van der Waals surface area contributed by atoms with Crippen molar-refractivity contribution in [3.63, 3.8) is 0 Å². The van der Waals surface area contributed by atoms with E-state index < -0.39 is 64.4 Å². The summed E-state index contributed by atoms with van der Waals surface area (Å²) in [7, 11) is 3.08. The molecule has 0 aliphatic heterocycles. The number of Topliss-reactive ketones (excluding diaryl/α,β-unsaturated/α-hetero) is 4. The van der Waals surface area contributed by atoms with Gasteiger partial charge in [0.15, 0.2) is 34.7 Å². The number of aromatic hydroxyl groups is 1. The molecular formula is C30H28N4O7. The van der Waals surface area contributed by atoms with Crippen LogP contribution in [0.1, 0.15) is 27.9 Å². The first kappa shape index (κ1) is 28.0. The Morgan fingerprint density at radius 3 is 2.44 bits per heavy atom. The number of rotatable bonds is 5. The number of nitrogens with two attached hydrogens (primary N) is 1. The van der Waals surface area contributed by atoms with E-state index in [0.717, 1.165) is 11.1 Å². The van der Waals surface area contributed by atoms with Crippen LogP contribution in [0.2, 0.25) is 0 Å². The summed E-state index contributed by atoms with van der Waals surface area (Å²) < 4.78 is 0. The first-order valence-electron chi connectivity index (χ1n) is 13.1. The Labute approximate surface area is 235 Å². The van der Waals surface area contributed by atoms with Gasteiger partial charge in [0.1, 0.15) is 12.3 Å². The number of likely N-dealkylation sites (N-methyl/N-ethyl adjacent to an activating group) is 1. The monoisotopic (exact) mass is 556 g/mol. The van der Waals surface area contributed by atoms with Crippen LogP contribution in [0.4, 0.5) is 0 Å². The molecule has 4 N–H and O–H groups in total. The van der Waals surface area contributed by atoms with Gasteiger partial charge in [0.05, 0.1) is 23.6 Å². The van der Waals surface area contributed by atoms with E-state index >= 15 is 0 Å². The smallest absolute Gasteiger partial charge is 0.235 e. The molecule has 1 amide bonds. The van der Waals surface area contributed by atoms with Crippen molar-refractivity contribution < 1.29 is 34.2 Å². The summed E-state index contributed by atoms with van der Waals surface area (Å²) in [6.45, 7) is 0.0296. The molecule has 2 saturated carbocycles. The van der Waals surface area contributed by atoms with Crippen molar-refractivity contribution in [3.8, 4) is 22.9 Å². The maximum atomic E-state index is 13.9. The number of aliphatic hydroxyl groups is 1. The first-order valence-corrected chi connectivity index (χ1v) is 13.1. The van der Waals surface area contributed by atoms with Gasteiger partial charge in [-0.2, -0.15) is 5.26 Å². The quantitative estimate of drug-likeness (QED) is 0.267. The van der Waals surface area contributed by atoms with Crippen molar-refractivity contribution >= 4 is 35.3 Å². The molecule has 11 nitrogen and oxygen atoms in total. The normalized spacial score (nSPS) is 29.2. The highest BCUT2D eigenvalue weighted by molar-refractivity contribution is 6.32. The number of ketones is 4. The summed E-state index contributed by atoms with van der Waals surface area (Å²) in [6.07, 6.45) is 1.72. The Bertz CT molecular complexity index is 1570. The largest absolute Gasteiger partial charge is 0.507 e. The van der Waals surface area contributed by atoms with Crippen molar-refractivity contribution in [1.29, 1.82) is 5.26 Å². The molecule has 0 heterocycles. The van der Waals surface area contributed by atoms with Crippen LogP contribution in [0.5, 0.6) is 5.75 Å². The number of nitrogens with zero attached hydrogens (tertiary/aromatic N) is 3. The van der Waals surface area contributed by atoms with Gasteiger partial charge in [-0.3, -0.25) is 33.9 Å². The molecule has 3 aliphatic carbocycles. The molecule has 2 fully saturated rings. The zero-order valence-electron chi connectivity index (χ0n) is 22.4. The lowest BCUT2D eigenvalue weighted by Gasteiger charge is -2.52. The number of carbonyl (C=O) groups is 5. The van der Waals surface area contributed by atoms with E-state index in [4.69, 9.17) is 11.0 Å². The fourth-order valence-electron chi connectivity index (χ4n) is 6.82. The number of nitriles is 1. The number of benzene rings is 2. The van der Waals surface area contributed by atoms with E-state index in [2.05, 4.69) is 4.99 Å². The Morgan fingerprint density at radius 1 is 1.15 bits per heavy atom. The molecule has 0 radical (unpaired) electrons. The molecular weight excluding hydrogens is 528 g/mol. The zero-order valence-corrected chi connectivity index (χ0v) is 22.4. The summed E-state index contributed by atoms with van der Waals surface area (Å²) >= 11 is 0. The van der Waals surface area contributed by atoms with E-state index in [9.17, 15) is 34.2 Å². The molecule has 0 aromatic heterocycles. The number of aliphatic imine (C=N–C) groups is 1. The van der Waals surface area contributed by atoms with Crippen LogP contribution in [0.15, 0.2) is 41.4 Å². The molecule has 2 unspecified atom stereocenters. The van der Waals surface area contributed by atoms with Gasteiger partial charge in [0.2, 0.25) is 5.91 Å². The number of hydrogen-bond donors (Lipinski definition) is 3. The maximum Gasteiger partial charge on any atom is 0.235 e. The highest BCUT2D eigenvalue weighted by Gasteiger charge is 2.69. The lowest BCUT2D eigenvalue weighted by atomic mass is 9.52. The second kappa shape index (κ2) is 10.1. The lowest BCUT2D eigenvalue weighted by Crippen LogP contribution is -2.74. The molecule has 210 valence electrons. The first-order chi connectivity index (χ1) is 19.4. The standard InChI is InChI=1S/C30H28N4O7/c1-34(2)24-19-12-16-11-18-17(15-5-3-14(4-6-15)13-33-10-9-31)7-8-20(35)22(18)25(36)21(16)27(38)30(19,41)28(39)23(26(24)37)29(32)40/h3-8,13,16,19,21,23-24,35,41H,10-12H2,1-2H3,(H2,32,40)/t16-,19-,21?,23?,24-,30-/m0/s1. The molecule has 11 heteroatoms. The van der Waals surface area contributed by atoms with Crippen LogP contribution in [0.3, 0.4) is 0 Å². The van der Waals surface area contributed by atoms with Crippen LogP contribution in [0, 0.1) is 35.0 Å². The number of phenolic OH excluding ortho intramolecular Hbond substituents is 1. The zero-order chi connectivity index (χ0) is 29.8. The van der Waals surface area contributed by atoms with E-state index in [0.29, 0.717) is 11.1 Å². The topological polar surface area (TPSA) is 191 Å². The number of fused-ring (bicyclic) bond motifs is 3. The average molecular weight is 557 g/mol. The lowest BCUT2D eigenvalue weighted by molar-refractivity contribution is -0.181. The SMILES string of the molecule is CN(C)[C@@H]1C(=O)C(C(N)=O)C(=O)[C@@]2(O)C(=O)C3C(=O)c4c(O)ccc(-c5ccc(C=NCC#N)cc5)c4C[C@H]3C[C@@H]12. The second-order valence-electron chi connectivity index (χ2n) is 11.0. The van der Waals surface area contributed by atoms with Crippen LogP contribution >= 0.6 is 0 Å². The van der Waals surface area contributed by atoms with Crippen molar-refractivity contribution in [2.75, 3.05) is 20.6 Å². The molecule has 3 aliphatic rings. The summed E-state index contributed by atoms with van der Waals surface area (Å²) in [4.78, 5) is 71.9. The Kier molecular flexibility index (Phi) is 6.93. The van der Waals surface area contributed by atoms with E-state index in [1.807, 2.05) is 18.2 Å². The minimum atomic E-state index is -2.76. The molecule has 6 atom stereocenters. The van der Waals surface area contributed by atoms with E-state index in [-0.39, 0.29) is 30.7 Å². The minimum absolute atomic E-state index is 0.0205. The van der Waals surface area contributed by atoms with Crippen LogP contribution in [-0.4, -0.2) is 82.7 Å². The second-order valence-corrected chi connectivity index (χ2v) is 11.0. The molecule has 5 rings (SSSR count). The average Bonchev–Trinajstić information content (AvgIpc) is 2.91. The summed E-state index contributed by atoms with van der Waals surface area (Å²) in [5.41, 5.74) is 5.21. The third kappa shape index (κ3) is 4.18. The van der Waals surface area contributed by atoms with Crippen LogP contribution < -0.4 is 5.73 Å². The summed E-state index contributed by atoms with van der Waals surface area (Å²) in [6, 6.07) is 11.0. The highest BCUT2D eigenvalue weighted by atomic mass is 16.3. The Hall–Kier alpha value is -4.53. The number of hydrogen-bond acceptors (Lipinski definition) is 10. The summed E-state index contributed by atoms with van der Waals surface area (Å²) in [5.74, 6) is -10.8. The predicted molar refractivity (Wildman–Crippen MR) is 145 cm³/mol. The fourth-order valence-corrected chi connectivity index (χ4v) is 6.82. The third-order valence-corrected chi connectivity index (χ3v) is 8.57. The molecule has 41 heavy (non-hydrogen) atoms. The van der Waals surface area contributed by atoms with Crippen molar-refractivity contribution in [1.82, 2.24) is 4.90 Å². The number of carbonyl (C=O) groups excluding carboxylic acids is 5. The van der Waals surface area contributed by atoms with Gasteiger partial charge in [0.25, 0.3) is 0 Å². The van der Waals surface area contributed by atoms with Gasteiger partial charge >= 0.3 is 0 Å². The molecule has 2 aromatic carbocycles. The third-order valence-electron chi connectivity index (χ3n) is 8.57. The van der Waals surface area contributed by atoms with Crippen molar-refractivity contribution in [2.24, 2.45) is 34.4 Å². The van der Waals surface area contributed by atoms with Crippen LogP contribution in [0.25, 0.3) is 11.1 Å². The molecule has 0 saturated heterocycles. The summed E-state index contributed by atoms with van der Waals surface area (Å²) in [5, 5.41) is 31.1. The van der Waals surface area contributed by atoms with Crippen molar-refractivity contribution in [2.45, 2.75) is 24.5 Å². The van der Waals surface area contributed by atoms with Crippen LogP contribution in [-0.2, 0) is 25.6 Å². The number of phenols is 1. The number of primary amides is 1. The Morgan fingerprint density at radius 2 is 1.83 bits per heavy atom. The van der Waals surface area contributed by atoms with Gasteiger partial charge < -0.3 is 15.9 Å². The van der Waals surface area contributed by atoms with E-state index in [1.54, 1.807) is 38.5 Å². The van der Waals surface area contributed by atoms with Gasteiger partial charge in [-0.05, 0) is 61.2 Å². The molecule has 0 spiro atoms. The van der Waals surface area contributed by atoms with Crippen molar-refractivity contribution in [3.05, 3.63) is 53.1 Å². The highest BCUT2D eigenvalue weighted by Crippen LogP contribution is 2.51.